The van der Waals surface area contributed by atoms with Crippen LogP contribution in [0.5, 0.6) is 0 Å². The van der Waals surface area contributed by atoms with E-state index in [0.717, 1.165) is 16.5 Å². The molecule has 0 fully saturated rings. The summed E-state index contributed by atoms with van der Waals surface area (Å²) in [6, 6.07) is 7.87. The van der Waals surface area contributed by atoms with Crippen molar-refractivity contribution in [3.63, 3.8) is 0 Å². The molecule has 0 saturated carbocycles. The van der Waals surface area contributed by atoms with E-state index < -0.39 is 0 Å². The number of aryl methyl sites for hydroxylation is 2. The SMILES string of the molecule is Cc1nnc(SCC(=O)c2cn(C)c3ccccc23)o1. The maximum absolute atomic E-state index is 12.3. The van der Waals surface area contributed by atoms with Crippen molar-refractivity contribution < 1.29 is 9.21 Å². The second kappa shape index (κ2) is 5.13. The number of rotatable bonds is 4. The molecule has 3 aromatic rings. The number of nitrogens with zero attached hydrogens (tertiary/aromatic N) is 3. The fourth-order valence-corrected chi connectivity index (χ4v) is 2.79. The minimum absolute atomic E-state index is 0.0580. The summed E-state index contributed by atoms with van der Waals surface area (Å²) in [6.07, 6.45) is 1.87. The Labute approximate surface area is 120 Å². The number of fused-ring (bicyclic) bond motifs is 1. The number of para-hydroxylation sites is 1. The lowest BCUT2D eigenvalue weighted by molar-refractivity contribution is 0.102. The van der Waals surface area contributed by atoms with Gasteiger partial charge in [-0.15, -0.1) is 10.2 Å². The first-order valence-corrected chi connectivity index (χ1v) is 7.14. The maximum atomic E-state index is 12.3. The molecule has 0 unspecified atom stereocenters. The number of ketones is 1. The Balaban J connectivity index is 1.82. The first-order valence-electron chi connectivity index (χ1n) is 6.15. The highest BCUT2D eigenvalue weighted by molar-refractivity contribution is 7.99. The van der Waals surface area contributed by atoms with Gasteiger partial charge in [0.25, 0.3) is 5.22 Å². The van der Waals surface area contributed by atoms with Crippen LogP contribution in [0.25, 0.3) is 10.9 Å². The average Bonchev–Trinajstić information content (AvgIpc) is 3.01. The number of hydrogen-bond acceptors (Lipinski definition) is 5. The molecule has 0 amide bonds. The number of aromatic nitrogens is 3. The van der Waals surface area contributed by atoms with Crippen molar-refractivity contribution in [2.75, 3.05) is 5.75 Å². The van der Waals surface area contributed by atoms with Crippen LogP contribution in [0.1, 0.15) is 16.2 Å². The summed E-state index contributed by atoms with van der Waals surface area (Å²) in [4.78, 5) is 12.3. The Morgan fingerprint density at radius 3 is 2.90 bits per heavy atom. The molecular weight excluding hydrogens is 274 g/mol. The standard InChI is InChI=1S/C14H13N3O2S/c1-9-15-16-14(19-9)20-8-13(18)11-7-17(2)12-6-4-3-5-10(11)12/h3-7H,8H2,1-2H3. The fraction of sp³-hybridized carbons (Fsp3) is 0.214. The first kappa shape index (κ1) is 12.9. The molecule has 102 valence electrons. The van der Waals surface area contributed by atoms with Crippen LogP contribution in [0.2, 0.25) is 0 Å². The molecule has 0 spiro atoms. The third-order valence-corrected chi connectivity index (χ3v) is 3.85. The van der Waals surface area contributed by atoms with Crippen LogP contribution in [-0.4, -0.2) is 26.3 Å². The average molecular weight is 287 g/mol. The number of carbonyl (C=O) groups is 1. The molecule has 3 rings (SSSR count). The first-order chi connectivity index (χ1) is 9.65. The molecule has 0 radical (unpaired) electrons. The Kier molecular flexibility index (Phi) is 3.31. The summed E-state index contributed by atoms with van der Waals surface area (Å²) >= 11 is 1.26. The topological polar surface area (TPSA) is 60.9 Å². The zero-order valence-corrected chi connectivity index (χ0v) is 12.0. The largest absolute Gasteiger partial charge is 0.416 e. The molecule has 0 bridgehead atoms. The van der Waals surface area contributed by atoms with Crippen molar-refractivity contribution in [1.82, 2.24) is 14.8 Å². The van der Waals surface area contributed by atoms with E-state index in [1.54, 1.807) is 6.92 Å². The van der Waals surface area contributed by atoms with Gasteiger partial charge in [-0.05, 0) is 6.07 Å². The van der Waals surface area contributed by atoms with Gasteiger partial charge in [-0.1, -0.05) is 30.0 Å². The monoisotopic (exact) mass is 287 g/mol. The minimum atomic E-state index is 0.0580. The third-order valence-electron chi connectivity index (χ3n) is 3.03. The van der Waals surface area contributed by atoms with Gasteiger partial charge in [0, 0.05) is 36.6 Å². The Bertz CT molecular complexity index is 776. The molecule has 0 saturated heterocycles. The van der Waals surface area contributed by atoms with Crippen molar-refractivity contribution >= 4 is 28.4 Å². The molecule has 5 nitrogen and oxygen atoms in total. The number of benzene rings is 1. The van der Waals surface area contributed by atoms with Crippen molar-refractivity contribution in [1.29, 1.82) is 0 Å². The predicted molar refractivity (Wildman–Crippen MR) is 77.0 cm³/mol. The van der Waals surface area contributed by atoms with E-state index in [4.69, 9.17) is 4.42 Å². The molecule has 6 heteroatoms. The summed E-state index contributed by atoms with van der Waals surface area (Å²) in [5.41, 5.74) is 1.78. The van der Waals surface area contributed by atoms with Gasteiger partial charge in [-0.2, -0.15) is 0 Å². The van der Waals surface area contributed by atoms with Crippen molar-refractivity contribution in [2.45, 2.75) is 12.1 Å². The molecule has 0 aliphatic carbocycles. The number of Topliss-reactive ketones (excluding diaryl/α,β-unsaturated/α-hetero) is 1. The number of thioether (sulfide) groups is 1. The van der Waals surface area contributed by atoms with Crippen molar-refractivity contribution in [3.8, 4) is 0 Å². The van der Waals surface area contributed by atoms with Gasteiger partial charge >= 0.3 is 0 Å². The van der Waals surface area contributed by atoms with Crippen LogP contribution in [0.3, 0.4) is 0 Å². The third kappa shape index (κ3) is 2.34. The second-order valence-electron chi connectivity index (χ2n) is 4.47. The molecular formula is C14H13N3O2S. The van der Waals surface area contributed by atoms with Gasteiger partial charge in [-0.3, -0.25) is 4.79 Å². The number of hydrogen-bond donors (Lipinski definition) is 0. The van der Waals surface area contributed by atoms with Crippen LogP contribution in [0.4, 0.5) is 0 Å². The molecule has 0 aliphatic heterocycles. The lowest BCUT2D eigenvalue weighted by Crippen LogP contribution is -2.01. The van der Waals surface area contributed by atoms with E-state index >= 15 is 0 Å². The van der Waals surface area contributed by atoms with E-state index in [0.29, 0.717) is 11.1 Å². The Morgan fingerprint density at radius 2 is 2.15 bits per heavy atom. The van der Waals surface area contributed by atoms with E-state index in [9.17, 15) is 4.79 Å². The summed E-state index contributed by atoms with van der Waals surface area (Å²) < 4.78 is 7.21. The van der Waals surface area contributed by atoms with E-state index in [-0.39, 0.29) is 11.5 Å². The van der Waals surface area contributed by atoms with Gasteiger partial charge in [-0.25, -0.2) is 0 Å². The van der Waals surface area contributed by atoms with Crippen LogP contribution < -0.4 is 0 Å². The second-order valence-corrected chi connectivity index (χ2v) is 5.40. The molecule has 0 aliphatic rings. The molecule has 2 aromatic heterocycles. The van der Waals surface area contributed by atoms with Gasteiger partial charge in [0.1, 0.15) is 0 Å². The highest BCUT2D eigenvalue weighted by atomic mass is 32.2. The summed E-state index contributed by atoms with van der Waals surface area (Å²) in [7, 11) is 1.94. The molecule has 1 aromatic carbocycles. The maximum Gasteiger partial charge on any atom is 0.277 e. The lowest BCUT2D eigenvalue weighted by atomic mass is 10.1. The van der Waals surface area contributed by atoms with Gasteiger partial charge < -0.3 is 8.98 Å². The smallest absolute Gasteiger partial charge is 0.277 e. The van der Waals surface area contributed by atoms with Gasteiger partial charge in [0.05, 0.1) is 5.75 Å². The lowest BCUT2D eigenvalue weighted by Gasteiger charge is -1.96. The fourth-order valence-electron chi connectivity index (χ4n) is 2.11. The quantitative estimate of drug-likeness (QED) is 0.545. The van der Waals surface area contributed by atoms with Crippen molar-refractivity contribution in [3.05, 3.63) is 41.9 Å². The zero-order valence-electron chi connectivity index (χ0n) is 11.2. The zero-order chi connectivity index (χ0) is 14.1. The van der Waals surface area contributed by atoms with Crippen LogP contribution in [-0.2, 0) is 7.05 Å². The van der Waals surface area contributed by atoms with Crippen LogP contribution >= 0.6 is 11.8 Å². The van der Waals surface area contributed by atoms with Gasteiger partial charge in [0.2, 0.25) is 5.89 Å². The van der Waals surface area contributed by atoms with E-state index in [1.807, 2.05) is 42.1 Å². The molecule has 2 heterocycles. The van der Waals surface area contributed by atoms with Gasteiger partial charge in [0.15, 0.2) is 5.78 Å². The van der Waals surface area contributed by atoms with Crippen molar-refractivity contribution in [2.24, 2.45) is 7.05 Å². The Hall–Kier alpha value is -2.08. The summed E-state index contributed by atoms with van der Waals surface area (Å²) in [6.45, 7) is 1.73. The van der Waals surface area contributed by atoms with E-state index in [1.165, 1.54) is 11.8 Å². The Morgan fingerprint density at radius 1 is 1.35 bits per heavy atom. The predicted octanol–water partition coefficient (Wildman–Crippen LogP) is 2.84. The summed E-state index contributed by atoms with van der Waals surface area (Å²) in [5, 5.41) is 9.01. The molecule has 0 atom stereocenters. The van der Waals surface area contributed by atoms with Crippen LogP contribution in [0, 0.1) is 6.92 Å². The highest BCUT2D eigenvalue weighted by Gasteiger charge is 2.15. The van der Waals surface area contributed by atoms with E-state index in [2.05, 4.69) is 10.2 Å². The summed E-state index contributed by atoms with van der Waals surface area (Å²) in [5.74, 6) is 0.850. The highest BCUT2D eigenvalue weighted by Crippen LogP contribution is 2.23. The minimum Gasteiger partial charge on any atom is -0.416 e. The normalized spacial score (nSPS) is 11.1. The number of carbonyl (C=O) groups excluding carboxylic acids is 1. The molecule has 20 heavy (non-hydrogen) atoms. The molecule has 0 N–H and O–H groups in total. The van der Waals surface area contributed by atoms with Crippen LogP contribution in [0.15, 0.2) is 40.1 Å².